The quantitative estimate of drug-likeness (QED) is 0.354. The Labute approximate surface area is 183 Å². The number of nitrogens with zero attached hydrogens (tertiary/aromatic N) is 1. The monoisotopic (exact) mass is 453 g/mol. The van der Waals surface area contributed by atoms with Gasteiger partial charge in [-0.1, -0.05) is 46.9 Å². The molecule has 0 atom stereocenters. The zero-order chi connectivity index (χ0) is 21.0. The van der Waals surface area contributed by atoms with E-state index in [1.807, 2.05) is 18.2 Å². The van der Waals surface area contributed by atoms with Crippen LogP contribution >= 0.6 is 34.8 Å². The molecule has 0 saturated heterocycles. The SMILES string of the molecule is CC(=NNC(=O)COc1cc(Cl)c(Cl)cc1Cl)c1cccc(NC(=O)C2CC2)c1. The fraction of sp³-hybridized carbons (Fsp3) is 0.250. The summed E-state index contributed by atoms with van der Waals surface area (Å²) in [5.74, 6) is -0.0689. The van der Waals surface area contributed by atoms with Gasteiger partial charge >= 0.3 is 0 Å². The van der Waals surface area contributed by atoms with E-state index in [9.17, 15) is 9.59 Å². The first kappa shape index (κ1) is 21.4. The lowest BCUT2D eigenvalue weighted by Gasteiger charge is -2.09. The van der Waals surface area contributed by atoms with Gasteiger partial charge in [-0.2, -0.15) is 5.10 Å². The van der Waals surface area contributed by atoms with Crippen molar-refractivity contribution in [3.8, 4) is 5.75 Å². The van der Waals surface area contributed by atoms with Gasteiger partial charge in [0.05, 0.1) is 20.8 Å². The summed E-state index contributed by atoms with van der Waals surface area (Å²) in [5.41, 5.74) is 4.46. The lowest BCUT2D eigenvalue weighted by Crippen LogP contribution is -2.25. The molecule has 29 heavy (non-hydrogen) atoms. The maximum absolute atomic E-state index is 12.0. The molecule has 0 radical (unpaired) electrons. The Balaban J connectivity index is 1.55. The van der Waals surface area contributed by atoms with Gasteiger partial charge in [-0.25, -0.2) is 5.43 Å². The average Bonchev–Trinajstić information content (AvgIpc) is 3.53. The van der Waals surface area contributed by atoms with Crippen LogP contribution in [-0.4, -0.2) is 24.1 Å². The summed E-state index contributed by atoms with van der Waals surface area (Å²) < 4.78 is 5.36. The Hall–Kier alpha value is -2.28. The first-order valence-electron chi connectivity index (χ1n) is 8.85. The third-order valence-corrected chi connectivity index (χ3v) is 5.20. The van der Waals surface area contributed by atoms with Crippen molar-refractivity contribution in [3.63, 3.8) is 0 Å². The molecule has 2 aromatic rings. The van der Waals surface area contributed by atoms with Crippen LogP contribution in [0.1, 0.15) is 25.3 Å². The van der Waals surface area contributed by atoms with E-state index in [0.717, 1.165) is 18.4 Å². The van der Waals surface area contributed by atoms with E-state index in [1.165, 1.54) is 12.1 Å². The Morgan fingerprint density at radius 1 is 1.10 bits per heavy atom. The molecule has 0 bridgehead atoms. The molecule has 1 fully saturated rings. The molecule has 152 valence electrons. The molecule has 0 unspecified atom stereocenters. The summed E-state index contributed by atoms with van der Waals surface area (Å²) >= 11 is 17.8. The molecule has 2 N–H and O–H groups in total. The summed E-state index contributed by atoms with van der Waals surface area (Å²) in [6, 6.07) is 10.1. The predicted molar refractivity (Wildman–Crippen MR) is 115 cm³/mol. The molecular weight excluding hydrogens is 437 g/mol. The molecule has 1 aliphatic rings. The topological polar surface area (TPSA) is 79.8 Å². The van der Waals surface area contributed by atoms with Crippen molar-refractivity contribution in [2.75, 3.05) is 11.9 Å². The molecule has 2 amide bonds. The minimum Gasteiger partial charge on any atom is -0.482 e. The molecule has 0 spiro atoms. The highest BCUT2D eigenvalue weighted by atomic mass is 35.5. The Kier molecular flexibility index (Phi) is 7.00. The van der Waals surface area contributed by atoms with Crippen molar-refractivity contribution >= 4 is 58.0 Å². The number of carbonyl (C=O) groups is 2. The molecule has 2 aromatic carbocycles. The fourth-order valence-corrected chi connectivity index (χ4v) is 3.00. The van der Waals surface area contributed by atoms with Crippen molar-refractivity contribution in [2.45, 2.75) is 19.8 Å². The van der Waals surface area contributed by atoms with Crippen LogP contribution in [0.15, 0.2) is 41.5 Å². The normalized spacial score (nSPS) is 13.7. The number of anilines is 1. The van der Waals surface area contributed by atoms with Gasteiger partial charge in [-0.3, -0.25) is 9.59 Å². The second kappa shape index (κ2) is 9.48. The summed E-state index contributed by atoms with van der Waals surface area (Å²) in [7, 11) is 0. The Bertz CT molecular complexity index is 975. The van der Waals surface area contributed by atoms with Gasteiger partial charge in [-0.05, 0) is 43.5 Å². The summed E-state index contributed by atoms with van der Waals surface area (Å²) in [5, 5.41) is 7.77. The molecule has 3 rings (SSSR count). The van der Waals surface area contributed by atoms with Crippen LogP contribution in [-0.2, 0) is 9.59 Å². The van der Waals surface area contributed by atoms with Crippen molar-refractivity contribution in [2.24, 2.45) is 11.0 Å². The number of carbonyl (C=O) groups excluding carboxylic acids is 2. The lowest BCUT2D eigenvalue weighted by molar-refractivity contribution is -0.123. The van der Waals surface area contributed by atoms with Gasteiger partial charge in [0, 0.05) is 17.7 Å². The number of rotatable bonds is 7. The van der Waals surface area contributed by atoms with Crippen LogP contribution in [0.25, 0.3) is 0 Å². The van der Waals surface area contributed by atoms with Crippen LogP contribution in [0.5, 0.6) is 5.75 Å². The largest absolute Gasteiger partial charge is 0.482 e. The minimum atomic E-state index is -0.468. The lowest BCUT2D eigenvalue weighted by atomic mass is 10.1. The molecule has 6 nitrogen and oxygen atoms in total. The third-order valence-electron chi connectivity index (χ3n) is 4.18. The van der Waals surface area contributed by atoms with Crippen LogP contribution in [0.2, 0.25) is 15.1 Å². The van der Waals surface area contributed by atoms with Gasteiger partial charge in [0.25, 0.3) is 5.91 Å². The Morgan fingerprint density at radius 3 is 2.55 bits per heavy atom. The molecule has 0 aromatic heterocycles. The Morgan fingerprint density at radius 2 is 1.83 bits per heavy atom. The van der Waals surface area contributed by atoms with Gasteiger partial charge < -0.3 is 10.1 Å². The predicted octanol–water partition coefficient (Wildman–Crippen LogP) is 4.91. The van der Waals surface area contributed by atoms with Crippen LogP contribution in [0, 0.1) is 5.92 Å². The highest BCUT2D eigenvalue weighted by molar-refractivity contribution is 6.43. The van der Waals surface area contributed by atoms with Crippen molar-refractivity contribution in [1.29, 1.82) is 0 Å². The van der Waals surface area contributed by atoms with Crippen molar-refractivity contribution in [3.05, 3.63) is 57.0 Å². The maximum atomic E-state index is 12.0. The van der Waals surface area contributed by atoms with E-state index in [-0.39, 0.29) is 34.2 Å². The standard InChI is InChI=1S/C20H18Cl3N3O3/c1-11(13-3-2-4-14(7-13)24-20(28)12-5-6-12)25-26-19(27)10-29-18-9-16(22)15(21)8-17(18)23/h2-4,7-9,12H,5-6,10H2,1H3,(H,24,28)(H,26,27). The van der Waals surface area contributed by atoms with Crippen LogP contribution < -0.4 is 15.5 Å². The van der Waals surface area contributed by atoms with Crippen molar-refractivity contribution in [1.82, 2.24) is 5.43 Å². The molecule has 1 saturated carbocycles. The first-order chi connectivity index (χ1) is 13.8. The van der Waals surface area contributed by atoms with Gasteiger partial charge in [0.15, 0.2) is 6.61 Å². The highest BCUT2D eigenvalue weighted by Crippen LogP contribution is 2.33. The summed E-state index contributed by atoms with van der Waals surface area (Å²) in [4.78, 5) is 23.9. The van der Waals surface area contributed by atoms with Crippen LogP contribution in [0.4, 0.5) is 5.69 Å². The number of benzene rings is 2. The van der Waals surface area contributed by atoms with Crippen LogP contribution in [0.3, 0.4) is 0 Å². The smallest absolute Gasteiger partial charge is 0.277 e. The minimum absolute atomic E-state index is 0.0307. The van der Waals surface area contributed by atoms with Crippen molar-refractivity contribution < 1.29 is 14.3 Å². The summed E-state index contributed by atoms with van der Waals surface area (Å²) in [6.07, 6.45) is 1.88. The second-order valence-corrected chi connectivity index (χ2v) is 7.78. The van der Waals surface area contributed by atoms with Gasteiger partial charge in [0.1, 0.15) is 5.75 Å². The van der Waals surface area contributed by atoms with E-state index < -0.39 is 5.91 Å². The maximum Gasteiger partial charge on any atom is 0.277 e. The molecule has 0 aliphatic heterocycles. The van der Waals surface area contributed by atoms with E-state index >= 15 is 0 Å². The zero-order valence-electron chi connectivity index (χ0n) is 15.5. The number of hydrazone groups is 1. The number of hydrogen-bond acceptors (Lipinski definition) is 4. The van der Waals surface area contributed by atoms with Gasteiger partial charge in [-0.15, -0.1) is 0 Å². The highest BCUT2D eigenvalue weighted by Gasteiger charge is 2.29. The zero-order valence-corrected chi connectivity index (χ0v) is 17.7. The van der Waals surface area contributed by atoms with E-state index in [4.69, 9.17) is 39.5 Å². The average molecular weight is 455 g/mol. The third kappa shape index (κ3) is 6.10. The van der Waals surface area contributed by atoms with E-state index in [2.05, 4.69) is 15.8 Å². The second-order valence-electron chi connectivity index (χ2n) is 6.56. The molecular formula is C20H18Cl3N3O3. The summed E-state index contributed by atoms with van der Waals surface area (Å²) in [6.45, 7) is 1.45. The molecule has 0 heterocycles. The number of amides is 2. The van der Waals surface area contributed by atoms with Gasteiger partial charge in [0.2, 0.25) is 5.91 Å². The first-order valence-corrected chi connectivity index (χ1v) is 9.98. The number of hydrogen-bond donors (Lipinski definition) is 2. The number of nitrogens with one attached hydrogen (secondary N) is 2. The molecule has 9 heteroatoms. The number of ether oxygens (including phenoxy) is 1. The van der Waals surface area contributed by atoms with E-state index in [1.54, 1.807) is 13.0 Å². The number of halogens is 3. The van der Waals surface area contributed by atoms with E-state index in [0.29, 0.717) is 16.4 Å². The molecule has 1 aliphatic carbocycles. The fourth-order valence-electron chi connectivity index (χ4n) is 2.41.